The topological polar surface area (TPSA) is 117 Å². The molecule has 188 valence electrons. The maximum Gasteiger partial charge on any atom is 0.225 e. The maximum atomic E-state index is 11.2. The monoisotopic (exact) mass is 547 g/mol. The van der Waals surface area contributed by atoms with Crippen molar-refractivity contribution in [1.29, 1.82) is 5.26 Å². The molecule has 12 heteroatoms. The number of nitrogens with one attached hydrogen (secondary N) is 1. The fourth-order valence-electron chi connectivity index (χ4n) is 3.61. The second-order valence-corrected chi connectivity index (χ2v) is 10.8. The molecule has 3 aromatic rings. The maximum absolute atomic E-state index is 11.2. The van der Waals surface area contributed by atoms with Crippen molar-refractivity contribution in [3.05, 3.63) is 59.4 Å². The number of benzene rings is 2. The van der Waals surface area contributed by atoms with Crippen LogP contribution < -0.4 is 19.1 Å². The van der Waals surface area contributed by atoms with E-state index < -0.39 is 10.0 Å². The molecule has 36 heavy (non-hydrogen) atoms. The van der Waals surface area contributed by atoms with Crippen molar-refractivity contribution in [3.63, 3.8) is 0 Å². The Balaban J connectivity index is 1.37. The highest BCUT2D eigenvalue weighted by molar-refractivity contribution is 7.88. The lowest BCUT2D eigenvalue weighted by Gasteiger charge is -2.39. The zero-order valence-corrected chi connectivity index (χ0v) is 21.6. The van der Waals surface area contributed by atoms with Crippen molar-refractivity contribution < 1.29 is 17.9 Å². The third-order valence-electron chi connectivity index (χ3n) is 5.40. The Morgan fingerprint density at radius 2 is 1.83 bits per heavy atom. The van der Waals surface area contributed by atoms with Crippen molar-refractivity contribution in [2.24, 2.45) is 5.92 Å². The zero-order chi connectivity index (χ0) is 25.7. The highest BCUT2D eigenvalue weighted by Crippen LogP contribution is 2.35. The van der Waals surface area contributed by atoms with Crippen molar-refractivity contribution in [2.75, 3.05) is 43.3 Å². The second kappa shape index (κ2) is 11.3. The van der Waals surface area contributed by atoms with Gasteiger partial charge in [-0.3, -0.25) is 0 Å². The molecular formula is C24H23Cl2N5O4S. The SMILES string of the molecule is CS(=O)(=O)NCC1CN(c2ncc(-c3ccc(Oc4cc(Cl)c(OCCCl)c(C#N)c4)cc3)cn2)C1. The van der Waals surface area contributed by atoms with E-state index in [1.165, 1.54) is 0 Å². The smallest absolute Gasteiger partial charge is 0.225 e. The number of hydrogen-bond donors (Lipinski definition) is 1. The lowest BCUT2D eigenvalue weighted by Crippen LogP contribution is -2.52. The second-order valence-electron chi connectivity index (χ2n) is 8.22. The van der Waals surface area contributed by atoms with E-state index in [1.807, 2.05) is 17.0 Å². The molecule has 0 radical (unpaired) electrons. The average molecular weight is 548 g/mol. The molecule has 0 amide bonds. The van der Waals surface area contributed by atoms with Crippen LogP contribution in [0.25, 0.3) is 11.1 Å². The number of aromatic nitrogens is 2. The van der Waals surface area contributed by atoms with Gasteiger partial charge in [-0.05, 0) is 17.7 Å². The molecule has 1 fully saturated rings. The Hall–Kier alpha value is -3.10. The van der Waals surface area contributed by atoms with Gasteiger partial charge in [0.1, 0.15) is 24.2 Å². The summed E-state index contributed by atoms with van der Waals surface area (Å²) in [7, 11) is -3.18. The number of ether oxygens (including phenoxy) is 2. The number of anilines is 1. The van der Waals surface area contributed by atoms with Gasteiger partial charge >= 0.3 is 0 Å². The fraction of sp³-hybridized carbons (Fsp3) is 0.292. The number of nitriles is 1. The lowest BCUT2D eigenvalue weighted by molar-refractivity contribution is 0.341. The van der Waals surface area contributed by atoms with Crippen LogP contribution in [0, 0.1) is 17.2 Å². The Labute approximate surface area is 219 Å². The van der Waals surface area contributed by atoms with Gasteiger partial charge in [-0.2, -0.15) is 5.26 Å². The summed E-state index contributed by atoms with van der Waals surface area (Å²) in [4.78, 5) is 10.9. The van der Waals surface area contributed by atoms with E-state index in [4.69, 9.17) is 32.7 Å². The van der Waals surface area contributed by atoms with Crippen molar-refractivity contribution in [1.82, 2.24) is 14.7 Å². The van der Waals surface area contributed by atoms with Gasteiger partial charge in [-0.15, -0.1) is 11.6 Å². The van der Waals surface area contributed by atoms with E-state index in [9.17, 15) is 13.7 Å². The minimum atomic E-state index is -3.18. The van der Waals surface area contributed by atoms with Crippen LogP contribution in [-0.4, -0.2) is 56.8 Å². The molecule has 1 aliphatic heterocycles. The molecule has 1 aromatic heterocycles. The molecule has 0 unspecified atom stereocenters. The van der Waals surface area contributed by atoms with Gasteiger partial charge in [-0.25, -0.2) is 23.1 Å². The van der Waals surface area contributed by atoms with Gasteiger partial charge in [0.15, 0.2) is 5.75 Å². The Bertz CT molecular complexity index is 1360. The van der Waals surface area contributed by atoms with E-state index in [-0.39, 0.29) is 34.7 Å². The summed E-state index contributed by atoms with van der Waals surface area (Å²) in [5.74, 6) is 2.39. The van der Waals surface area contributed by atoms with E-state index in [0.717, 1.165) is 17.4 Å². The normalized spacial score (nSPS) is 13.7. The molecule has 1 saturated heterocycles. The van der Waals surface area contributed by atoms with Crippen LogP contribution in [-0.2, 0) is 10.0 Å². The lowest BCUT2D eigenvalue weighted by atomic mass is 10.0. The van der Waals surface area contributed by atoms with Crippen LogP contribution in [0.15, 0.2) is 48.8 Å². The van der Waals surface area contributed by atoms with Crippen molar-refractivity contribution in [2.45, 2.75) is 0 Å². The molecule has 2 aromatic carbocycles. The van der Waals surface area contributed by atoms with Gasteiger partial charge in [0.05, 0.1) is 22.7 Å². The molecule has 9 nitrogen and oxygen atoms in total. The van der Waals surface area contributed by atoms with Crippen LogP contribution in [0.4, 0.5) is 5.95 Å². The Morgan fingerprint density at radius 1 is 1.14 bits per heavy atom. The summed E-state index contributed by atoms with van der Waals surface area (Å²) in [5.41, 5.74) is 2.02. The van der Waals surface area contributed by atoms with Crippen LogP contribution in [0.5, 0.6) is 17.2 Å². The predicted octanol–water partition coefficient (Wildman–Crippen LogP) is 4.06. The first-order chi connectivity index (χ1) is 17.3. The number of rotatable bonds is 10. The molecular weight excluding hydrogens is 525 g/mol. The quantitative estimate of drug-likeness (QED) is 0.377. The van der Waals surface area contributed by atoms with Gasteiger partial charge in [-0.1, -0.05) is 23.7 Å². The molecule has 0 spiro atoms. The summed E-state index contributed by atoms with van der Waals surface area (Å²) in [6.07, 6.45) is 4.65. The van der Waals surface area contributed by atoms with Crippen molar-refractivity contribution in [3.8, 4) is 34.4 Å². The third kappa shape index (κ3) is 6.56. The Kier molecular flexibility index (Phi) is 8.16. The molecule has 0 aliphatic carbocycles. The summed E-state index contributed by atoms with van der Waals surface area (Å²) >= 11 is 11.9. The van der Waals surface area contributed by atoms with E-state index >= 15 is 0 Å². The largest absolute Gasteiger partial charge is 0.489 e. The van der Waals surface area contributed by atoms with E-state index in [1.54, 1.807) is 36.7 Å². The number of hydrogen-bond acceptors (Lipinski definition) is 8. The van der Waals surface area contributed by atoms with Gasteiger partial charge < -0.3 is 14.4 Å². The summed E-state index contributed by atoms with van der Waals surface area (Å²) in [5, 5.41) is 9.68. The molecule has 0 saturated carbocycles. The highest BCUT2D eigenvalue weighted by atomic mass is 35.5. The molecule has 4 rings (SSSR count). The van der Waals surface area contributed by atoms with E-state index in [0.29, 0.717) is 37.1 Å². The van der Waals surface area contributed by atoms with Crippen molar-refractivity contribution >= 4 is 39.2 Å². The first kappa shape index (κ1) is 26.0. The first-order valence-electron chi connectivity index (χ1n) is 11.0. The number of nitrogens with zero attached hydrogens (tertiary/aromatic N) is 4. The minimum Gasteiger partial charge on any atom is -0.489 e. The number of halogens is 2. The molecule has 1 aliphatic rings. The summed E-state index contributed by atoms with van der Waals surface area (Å²) in [6.45, 7) is 2.05. The number of alkyl halides is 1. The summed E-state index contributed by atoms with van der Waals surface area (Å²) in [6, 6.07) is 12.6. The molecule has 0 atom stereocenters. The average Bonchev–Trinajstić information content (AvgIpc) is 2.82. The van der Waals surface area contributed by atoms with Crippen LogP contribution in [0.1, 0.15) is 5.56 Å². The first-order valence-corrected chi connectivity index (χ1v) is 13.8. The van der Waals surface area contributed by atoms with Gasteiger partial charge in [0.2, 0.25) is 16.0 Å². The van der Waals surface area contributed by atoms with Crippen LogP contribution in [0.2, 0.25) is 5.02 Å². The molecule has 0 bridgehead atoms. The van der Waals surface area contributed by atoms with Crippen LogP contribution in [0.3, 0.4) is 0 Å². The number of sulfonamides is 1. The van der Waals surface area contributed by atoms with E-state index in [2.05, 4.69) is 20.8 Å². The fourth-order valence-corrected chi connectivity index (χ4v) is 4.49. The van der Waals surface area contributed by atoms with Gasteiger partial charge in [0, 0.05) is 55.6 Å². The molecule has 2 heterocycles. The highest BCUT2D eigenvalue weighted by Gasteiger charge is 2.29. The standard InChI is InChI=1S/C24H23Cl2N5O4S/c1-36(32,33)30-11-16-14-31(15-16)24-28-12-19(13-29-24)17-2-4-20(5-3-17)35-21-8-18(10-27)23(22(26)9-21)34-7-6-25/h2-5,8-9,12-13,16,30H,6-7,11,14-15H2,1H3. The minimum absolute atomic E-state index is 0.240. The molecule has 1 N–H and O–H groups in total. The van der Waals surface area contributed by atoms with Crippen LogP contribution >= 0.6 is 23.2 Å². The Morgan fingerprint density at radius 3 is 2.44 bits per heavy atom. The summed E-state index contributed by atoms with van der Waals surface area (Å²) < 4.78 is 36.3. The predicted molar refractivity (Wildman–Crippen MR) is 138 cm³/mol. The van der Waals surface area contributed by atoms with Gasteiger partial charge in [0.25, 0.3) is 0 Å². The third-order valence-corrected chi connectivity index (χ3v) is 6.52. The zero-order valence-electron chi connectivity index (χ0n) is 19.3.